The standard InChI is InChI=1S/C20H18ClFN2O.C2H6/c1-4-24-13(2)18(22)11-16(14-8-6-5-7-9-14)20(24)19-17(21)10-15(25-3)12-23-19;1-2/h5-12H,2,4H2,1,3H3;1-2H3. The Labute approximate surface area is 165 Å². The molecule has 3 rings (SSSR count). The summed E-state index contributed by atoms with van der Waals surface area (Å²) in [4.78, 5) is 6.25. The summed E-state index contributed by atoms with van der Waals surface area (Å²) in [5, 5.41) is 0.435. The van der Waals surface area contributed by atoms with Crippen molar-refractivity contribution in [1.82, 2.24) is 9.88 Å². The number of benzene rings is 1. The number of hydrogen-bond donors (Lipinski definition) is 0. The Kier molecular flexibility index (Phi) is 7.19. The van der Waals surface area contributed by atoms with Crippen LogP contribution in [0, 0.1) is 0 Å². The van der Waals surface area contributed by atoms with E-state index in [0.29, 0.717) is 34.3 Å². The van der Waals surface area contributed by atoms with Gasteiger partial charge in [-0.25, -0.2) is 9.37 Å². The number of methoxy groups -OCH3 is 1. The SMILES string of the molecule is C=C1C(F)=CC(c2ccccc2)=C(c2ncc(OC)cc2Cl)N1CC.CC. The van der Waals surface area contributed by atoms with Gasteiger partial charge in [-0.3, -0.25) is 0 Å². The van der Waals surface area contributed by atoms with Gasteiger partial charge >= 0.3 is 0 Å². The number of rotatable bonds is 4. The average Bonchev–Trinajstić information content (AvgIpc) is 2.72. The number of likely N-dealkylation sites (N-methyl/N-ethyl adjacent to an activating group) is 1. The maximum Gasteiger partial charge on any atom is 0.146 e. The molecular weight excluding hydrogens is 363 g/mol. The Morgan fingerprint density at radius 3 is 2.44 bits per heavy atom. The molecule has 0 saturated heterocycles. The number of hydrogen-bond acceptors (Lipinski definition) is 3. The molecule has 1 aliphatic heterocycles. The first kappa shape index (κ1) is 20.7. The largest absolute Gasteiger partial charge is 0.495 e. The highest BCUT2D eigenvalue weighted by atomic mass is 35.5. The van der Waals surface area contributed by atoms with Gasteiger partial charge < -0.3 is 9.64 Å². The van der Waals surface area contributed by atoms with Crippen LogP contribution in [0.1, 0.15) is 32.0 Å². The fourth-order valence-electron chi connectivity index (χ4n) is 2.84. The van der Waals surface area contributed by atoms with Crippen molar-refractivity contribution in [2.45, 2.75) is 20.8 Å². The Hall–Kier alpha value is -2.59. The topological polar surface area (TPSA) is 25.4 Å². The van der Waals surface area contributed by atoms with Crippen LogP contribution < -0.4 is 4.74 Å². The zero-order valence-electron chi connectivity index (χ0n) is 16.1. The van der Waals surface area contributed by atoms with Crippen LogP contribution in [0.15, 0.2) is 66.8 Å². The first-order valence-corrected chi connectivity index (χ1v) is 9.28. The molecule has 0 spiro atoms. The fraction of sp³-hybridized carbons (Fsp3) is 0.227. The summed E-state index contributed by atoms with van der Waals surface area (Å²) in [6.07, 6.45) is 3.09. The lowest BCUT2D eigenvalue weighted by atomic mass is 9.96. The van der Waals surface area contributed by atoms with Crippen LogP contribution in [0.4, 0.5) is 4.39 Å². The van der Waals surface area contributed by atoms with E-state index in [1.54, 1.807) is 24.3 Å². The lowest BCUT2D eigenvalue weighted by molar-refractivity contribution is 0.412. The van der Waals surface area contributed by atoms with Crippen LogP contribution in [-0.2, 0) is 0 Å². The van der Waals surface area contributed by atoms with E-state index in [0.717, 1.165) is 11.3 Å². The molecule has 1 aromatic carbocycles. The van der Waals surface area contributed by atoms with Gasteiger partial charge in [-0.2, -0.15) is 0 Å². The lowest BCUT2D eigenvalue weighted by Gasteiger charge is -2.32. The number of ether oxygens (including phenoxy) is 1. The van der Waals surface area contributed by atoms with E-state index in [2.05, 4.69) is 11.6 Å². The van der Waals surface area contributed by atoms with Gasteiger partial charge in [0.05, 0.1) is 29.7 Å². The third-order valence-electron chi connectivity index (χ3n) is 4.07. The van der Waals surface area contributed by atoms with Crippen LogP contribution >= 0.6 is 11.6 Å². The molecule has 0 unspecified atom stereocenters. The Morgan fingerprint density at radius 1 is 1.22 bits per heavy atom. The van der Waals surface area contributed by atoms with Crippen molar-refractivity contribution in [2.75, 3.05) is 13.7 Å². The summed E-state index contributed by atoms with van der Waals surface area (Å²) in [6.45, 7) is 10.3. The number of pyridine rings is 1. The van der Waals surface area contributed by atoms with Crippen molar-refractivity contribution < 1.29 is 9.13 Å². The molecule has 0 amide bonds. The molecule has 3 nitrogen and oxygen atoms in total. The van der Waals surface area contributed by atoms with Crippen molar-refractivity contribution in [1.29, 1.82) is 0 Å². The summed E-state index contributed by atoms with van der Waals surface area (Å²) < 4.78 is 19.6. The Bertz CT molecular complexity index is 875. The molecule has 0 saturated carbocycles. The van der Waals surface area contributed by atoms with Crippen molar-refractivity contribution >= 4 is 22.9 Å². The minimum absolute atomic E-state index is 0.297. The van der Waals surface area contributed by atoms with Gasteiger partial charge in [0, 0.05) is 18.2 Å². The average molecular weight is 387 g/mol. The molecule has 5 heteroatoms. The van der Waals surface area contributed by atoms with Gasteiger partial charge in [0.2, 0.25) is 0 Å². The van der Waals surface area contributed by atoms with Gasteiger partial charge in [0.1, 0.15) is 17.3 Å². The second-order valence-electron chi connectivity index (χ2n) is 5.52. The second kappa shape index (κ2) is 9.38. The molecule has 27 heavy (non-hydrogen) atoms. The summed E-state index contributed by atoms with van der Waals surface area (Å²) >= 11 is 6.45. The van der Waals surface area contributed by atoms with Crippen LogP contribution in [0.25, 0.3) is 11.3 Å². The number of nitrogens with zero attached hydrogens (tertiary/aromatic N) is 2. The van der Waals surface area contributed by atoms with Crippen molar-refractivity contribution in [3.63, 3.8) is 0 Å². The van der Waals surface area contributed by atoms with Crippen LogP contribution in [0.2, 0.25) is 5.02 Å². The molecule has 0 N–H and O–H groups in total. The van der Waals surface area contributed by atoms with E-state index in [1.165, 1.54) is 6.08 Å². The van der Waals surface area contributed by atoms with Crippen LogP contribution in [0.5, 0.6) is 5.75 Å². The highest BCUT2D eigenvalue weighted by Crippen LogP contribution is 2.41. The molecule has 0 atom stereocenters. The minimum atomic E-state index is -0.367. The first-order valence-electron chi connectivity index (χ1n) is 8.90. The summed E-state index contributed by atoms with van der Waals surface area (Å²) in [7, 11) is 1.56. The monoisotopic (exact) mass is 386 g/mol. The zero-order chi connectivity index (χ0) is 20.0. The zero-order valence-corrected chi connectivity index (χ0v) is 16.8. The van der Waals surface area contributed by atoms with Crippen LogP contribution in [0.3, 0.4) is 0 Å². The smallest absolute Gasteiger partial charge is 0.146 e. The molecule has 0 radical (unpaired) electrons. The molecule has 2 heterocycles. The summed E-state index contributed by atoms with van der Waals surface area (Å²) in [5.41, 5.74) is 3.19. The van der Waals surface area contributed by atoms with Gasteiger partial charge in [0.15, 0.2) is 0 Å². The minimum Gasteiger partial charge on any atom is -0.495 e. The van der Waals surface area contributed by atoms with E-state index in [1.807, 2.05) is 51.1 Å². The maximum absolute atomic E-state index is 14.5. The molecule has 1 aromatic heterocycles. The fourth-order valence-corrected chi connectivity index (χ4v) is 3.08. The van der Waals surface area contributed by atoms with Crippen molar-refractivity contribution in [3.8, 4) is 5.75 Å². The number of allylic oxidation sites excluding steroid dienone is 3. The molecule has 0 fully saturated rings. The summed E-state index contributed by atoms with van der Waals surface area (Å²) in [5.74, 6) is 0.198. The number of halogens is 2. The third-order valence-corrected chi connectivity index (χ3v) is 4.36. The van der Waals surface area contributed by atoms with E-state index >= 15 is 0 Å². The lowest BCUT2D eigenvalue weighted by Crippen LogP contribution is -2.25. The maximum atomic E-state index is 14.5. The number of aromatic nitrogens is 1. The molecule has 142 valence electrons. The Morgan fingerprint density at radius 2 is 1.89 bits per heavy atom. The van der Waals surface area contributed by atoms with Gasteiger partial charge in [-0.15, -0.1) is 0 Å². The normalized spacial score (nSPS) is 13.8. The van der Waals surface area contributed by atoms with E-state index in [4.69, 9.17) is 16.3 Å². The molecule has 2 aromatic rings. The quantitative estimate of drug-likeness (QED) is 0.612. The predicted octanol–water partition coefficient (Wildman–Crippen LogP) is 6.34. The van der Waals surface area contributed by atoms with Crippen molar-refractivity contribution in [3.05, 3.63) is 83.1 Å². The molecule has 0 aliphatic carbocycles. The van der Waals surface area contributed by atoms with E-state index < -0.39 is 0 Å². The van der Waals surface area contributed by atoms with Gasteiger partial charge in [-0.1, -0.05) is 62.4 Å². The Balaban J connectivity index is 0.00000126. The molecular formula is C22H24ClFN2O. The summed E-state index contributed by atoms with van der Waals surface area (Å²) in [6, 6.07) is 11.3. The van der Waals surface area contributed by atoms with E-state index in [-0.39, 0.29) is 5.83 Å². The third kappa shape index (κ3) is 4.22. The first-order chi connectivity index (χ1) is 13.1. The van der Waals surface area contributed by atoms with Gasteiger partial charge in [0.25, 0.3) is 0 Å². The highest BCUT2D eigenvalue weighted by Gasteiger charge is 2.28. The van der Waals surface area contributed by atoms with E-state index in [9.17, 15) is 4.39 Å². The van der Waals surface area contributed by atoms with Crippen molar-refractivity contribution in [2.24, 2.45) is 0 Å². The van der Waals surface area contributed by atoms with Crippen LogP contribution in [-0.4, -0.2) is 23.5 Å². The van der Waals surface area contributed by atoms with Gasteiger partial charge in [-0.05, 0) is 18.6 Å². The highest BCUT2D eigenvalue weighted by molar-refractivity contribution is 6.32. The molecule has 1 aliphatic rings. The molecule has 0 bridgehead atoms. The second-order valence-corrected chi connectivity index (χ2v) is 5.92. The predicted molar refractivity (Wildman–Crippen MR) is 111 cm³/mol.